The molecule has 1 heterocycles. The molecule has 71 heavy (non-hydrogen) atoms. The quantitative estimate of drug-likeness (QED) is 0.127. The Hall–Kier alpha value is -7.10. The lowest BCUT2D eigenvalue weighted by molar-refractivity contribution is 0.229. The molecule has 0 bridgehead atoms. The molecule has 0 spiro atoms. The molecule has 4 atom stereocenters. The Morgan fingerprint density at radius 1 is 0.577 bits per heavy atom. The Morgan fingerprint density at radius 2 is 1.17 bits per heavy atom. The van der Waals surface area contributed by atoms with Crippen molar-refractivity contribution in [1.82, 2.24) is 0 Å². The van der Waals surface area contributed by atoms with Crippen LogP contribution in [0.5, 0.6) is 5.75 Å². The SMILES string of the molecule is COc1ccc(N2c3ccc(-c4ccc(C(CC(C)(C)C)C(C)(C)C)cc4)cc3C3CC(c4ccc(N(c5ccc(-c6ccccc6)cc5)c5ccc6c(c5)C(C)(C)c5ccccc5-6)cc4)C=C[C@@H]32)cc1. The Bertz CT molecular complexity index is 3220. The van der Waals surface area contributed by atoms with Gasteiger partial charge in [0.15, 0.2) is 0 Å². The summed E-state index contributed by atoms with van der Waals surface area (Å²) in [6.07, 6.45) is 7.13. The van der Waals surface area contributed by atoms with E-state index in [0.29, 0.717) is 11.8 Å². The first-order valence-corrected chi connectivity index (χ1v) is 25.8. The molecular formula is C68H68N2O. The van der Waals surface area contributed by atoms with Gasteiger partial charge in [0.2, 0.25) is 0 Å². The summed E-state index contributed by atoms with van der Waals surface area (Å²) >= 11 is 0. The van der Waals surface area contributed by atoms with Crippen LogP contribution < -0.4 is 14.5 Å². The molecule has 3 nitrogen and oxygen atoms in total. The fraction of sp³-hybridized carbons (Fsp3) is 0.265. The van der Waals surface area contributed by atoms with Gasteiger partial charge in [-0.1, -0.05) is 183 Å². The van der Waals surface area contributed by atoms with Gasteiger partial charge in [-0.15, -0.1) is 0 Å². The number of nitrogens with zero attached hydrogens (tertiary/aromatic N) is 2. The minimum Gasteiger partial charge on any atom is -0.497 e. The molecule has 0 N–H and O–H groups in total. The highest BCUT2D eigenvalue weighted by atomic mass is 16.5. The molecule has 0 saturated carbocycles. The number of hydrogen-bond donors (Lipinski definition) is 0. The van der Waals surface area contributed by atoms with E-state index in [4.69, 9.17) is 4.74 Å². The van der Waals surface area contributed by atoms with Gasteiger partial charge in [-0.05, 0) is 164 Å². The van der Waals surface area contributed by atoms with Crippen molar-refractivity contribution >= 4 is 28.4 Å². The van der Waals surface area contributed by atoms with Crippen molar-refractivity contribution in [3.8, 4) is 39.1 Å². The molecular weight excluding hydrogens is 861 g/mol. The van der Waals surface area contributed by atoms with Gasteiger partial charge in [-0.3, -0.25) is 0 Å². The zero-order valence-electron chi connectivity index (χ0n) is 43.1. The number of rotatable bonds is 10. The molecule has 0 radical (unpaired) electrons. The van der Waals surface area contributed by atoms with Crippen molar-refractivity contribution < 1.29 is 4.74 Å². The van der Waals surface area contributed by atoms with Crippen molar-refractivity contribution in [1.29, 1.82) is 0 Å². The summed E-state index contributed by atoms with van der Waals surface area (Å²) in [6.45, 7) is 19.0. The molecule has 1 aliphatic heterocycles. The van der Waals surface area contributed by atoms with Crippen LogP contribution in [0.2, 0.25) is 0 Å². The number of fused-ring (bicyclic) bond motifs is 6. The van der Waals surface area contributed by atoms with Crippen LogP contribution in [0.1, 0.15) is 114 Å². The summed E-state index contributed by atoms with van der Waals surface area (Å²) in [6, 6.07) is 70.7. The van der Waals surface area contributed by atoms with Crippen LogP contribution in [0.25, 0.3) is 33.4 Å². The van der Waals surface area contributed by atoms with E-state index in [-0.39, 0.29) is 28.2 Å². The summed E-state index contributed by atoms with van der Waals surface area (Å²) < 4.78 is 5.60. The van der Waals surface area contributed by atoms with Crippen molar-refractivity contribution in [2.24, 2.45) is 10.8 Å². The third-order valence-electron chi connectivity index (χ3n) is 15.9. The zero-order chi connectivity index (χ0) is 49.2. The molecule has 8 aromatic carbocycles. The molecule has 3 aliphatic rings. The normalized spacial score (nSPS) is 18.0. The largest absolute Gasteiger partial charge is 0.497 e. The van der Waals surface area contributed by atoms with Crippen LogP contribution in [0, 0.1) is 10.8 Å². The first-order chi connectivity index (χ1) is 34.1. The second-order valence-corrected chi connectivity index (χ2v) is 23.2. The van der Waals surface area contributed by atoms with Gasteiger partial charge < -0.3 is 14.5 Å². The second kappa shape index (κ2) is 17.9. The van der Waals surface area contributed by atoms with Crippen LogP contribution in [0.15, 0.2) is 200 Å². The van der Waals surface area contributed by atoms with E-state index in [0.717, 1.165) is 35.7 Å². The van der Waals surface area contributed by atoms with E-state index in [9.17, 15) is 0 Å². The van der Waals surface area contributed by atoms with Gasteiger partial charge in [0.05, 0.1) is 13.2 Å². The summed E-state index contributed by atoms with van der Waals surface area (Å²) in [5.41, 5.74) is 20.8. The summed E-state index contributed by atoms with van der Waals surface area (Å²) in [5, 5.41) is 0. The maximum atomic E-state index is 5.60. The third-order valence-corrected chi connectivity index (χ3v) is 15.9. The van der Waals surface area contributed by atoms with Crippen molar-refractivity contribution in [2.45, 2.75) is 97.4 Å². The summed E-state index contributed by atoms with van der Waals surface area (Å²) in [5.74, 6) is 1.94. The van der Waals surface area contributed by atoms with E-state index in [1.165, 1.54) is 72.6 Å². The number of methoxy groups -OCH3 is 1. The smallest absolute Gasteiger partial charge is 0.119 e. The van der Waals surface area contributed by atoms with Gasteiger partial charge in [0, 0.05) is 45.7 Å². The van der Waals surface area contributed by atoms with Crippen LogP contribution in [0.3, 0.4) is 0 Å². The fourth-order valence-electron chi connectivity index (χ4n) is 12.2. The molecule has 0 amide bonds. The molecule has 3 unspecified atom stereocenters. The Balaban J connectivity index is 0.930. The topological polar surface area (TPSA) is 15.7 Å². The van der Waals surface area contributed by atoms with Crippen LogP contribution >= 0.6 is 0 Å². The van der Waals surface area contributed by atoms with Crippen molar-refractivity contribution in [3.05, 3.63) is 228 Å². The third kappa shape index (κ3) is 8.68. The predicted molar refractivity (Wildman–Crippen MR) is 300 cm³/mol. The molecule has 2 aliphatic carbocycles. The molecule has 3 heteroatoms. The van der Waals surface area contributed by atoms with Crippen LogP contribution in [-0.4, -0.2) is 13.2 Å². The highest BCUT2D eigenvalue weighted by Gasteiger charge is 2.42. The van der Waals surface area contributed by atoms with Gasteiger partial charge >= 0.3 is 0 Å². The van der Waals surface area contributed by atoms with Crippen LogP contribution in [-0.2, 0) is 5.41 Å². The standard InChI is InChI=1S/C68H68N2O/c1-66(2,3)44-63(67(4,5)6)49-21-19-47(20-22-49)50-27-39-64-59(41-50)60-42-51(28-40-65(60)70(64)54-33-36-56(71-9)37-34-54)48-25-31-53(32-26-48)69(52-29-23-46(24-30-52)45-15-11-10-12-16-45)55-35-38-58-57-17-13-14-18-61(57)68(7,8)62(58)43-55/h10-41,43,51,60,63,65H,42,44H2,1-9H3/t51?,60?,63?,65-/m0/s1. The lowest BCUT2D eigenvalue weighted by atomic mass is 9.69. The number of allylic oxidation sites excluding steroid dienone is 1. The van der Waals surface area contributed by atoms with Gasteiger partial charge in [0.1, 0.15) is 5.75 Å². The van der Waals surface area contributed by atoms with E-state index in [2.05, 4.69) is 265 Å². The molecule has 0 aromatic heterocycles. The molecule has 11 rings (SSSR count). The average Bonchev–Trinajstić information content (AvgIpc) is 3.83. The van der Waals surface area contributed by atoms with E-state index < -0.39 is 0 Å². The number of anilines is 5. The monoisotopic (exact) mass is 929 g/mol. The lowest BCUT2D eigenvalue weighted by Gasteiger charge is -2.36. The Labute approximate surface area is 423 Å². The number of hydrogen-bond acceptors (Lipinski definition) is 3. The van der Waals surface area contributed by atoms with E-state index in [1.54, 1.807) is 7.11 Å². The predicted octanol–water partition coefficient (Wildman–Crippen LogP) is 18.7. The van der Waals surface area contributed by atoms with Crippen molar-refractivity contribution in [2.75, 3.05) is 16.9 Å². The molecule has 0 fully saturated rings. The zero-order valence-corrected chi connectivity index (χ0v) is 43.1. The van der Waals surface area contributed by atoms with E-state index >= 15 is 0 Å². The number of benzene rings is 8. The van der Waals surface area contributed by atoms with Crippen molar-refractivity contribution in [3.63, 3.8) is 0 Å². The fourth-order valence-corrected chi connectivity index (χ4v) is 12.2. The van der Waals surface area contributed by atoms with Gasteiger partial charge in [-0.25, -0.2) is 0 Å². The minimum absolute atomic E-state index is 0.103. The molecule has 8 aromatic rings. The van der Waals surface area contributed by atoms with E-state index in [1.807, 2.05) is 0 Å². The second-order valence-electron chi connectivity index (χ2n) is 23.2. The first kappa shape index (κ1) is 46.3. The Morgan fingerprint density at radius 3 is 1.85 bits per heavy atom. The highest BCUT2D eigenvalue weighted by Crippen LogP contribution is 2.54. The minimum atomic E-state index is -0.103. The first-order valence-electron chi connectivity index (χ1n) is 25.8. The van der Waals surface area contributed by atoms with Gasteiger partial charge in [0.25, 0.3) is 0 Å². The maximum absolute atomic E-state index is 5.60. The molecule has 0 saturated heterocycles. The summed E-state index contributed by atoms with van der Waals surface area (Å²) in [4.78, 5) is 4.99. The highest BCUT2D eigenvalue weighted by molar-refractivity contribution is 5.86. The van der Waals surface area contributed by atoms with Crippen LogP contribution in [0.4, 0.5) is 28.4 Å². The molecule has 356 valence electrons. The number of ether oxygens (including phenoxy) is 1. The average molecular weight is 929 g/mol. The summed E-state index contributed by atoms with van der Waals surface area (Å²) in [7, 11) is 1.74. The maximum Gasteiger partial charge on any atom is 0.119 e. The van der Waals surface area contributed by atoms with Gasteiger partial charge in [-0.2, -0.15) is 0 Å². The lowest BCUT2D eigenvalue weighted by Crippen LogP contribution is -2.31. The Kier molecular flexibility index (Phi) is 11.7.